The first-order valence-corrected chi connectivity index (χ1v) is 8.60. The van der Waals surface area contributed by atoms with E-state index >= 15 is 0 Å². The maximum absolute atomic E-state index is 12.5. The number of likely N-dealkylation sites (N-methyl/N-ethyl adjacent to an activating group) is 1. The highest BCUT2D eigenvalue weighted by Gasteiger charge is 2.21. The Hall–Kier alpha value is -1.91. The van der Waals surface area contributed by atoms with Crippen LogP contribution in [0.3, 0.4) is 0 Å². The summed E-state index contributed by atoms with van der Waals surface area (Å²) in [5.41, 5.74) is 1.83. The molecule has 3 aromatic rings. The number of carbonyl (C=O) groups excluding carboxylic acids is 1. The van der Waals surface area contributed by atoms with E-state index in [1.807, 2.05) is 50.4 Å². The Morgan fingerprint density at radius 1 is 1.22 bits per heavy atom. The van der Waals surface area contributed by atoms with Crippen molar-refractivity contribution in [3.8, 4) is 0 Å². The van der Waals surface area contributed by atoms with Crippen LogP contribution < -0.4 is 0 Å². The van der Waals surface area contributed by atoms with E-state index in [1.165, 1.54) is 0 Å². The van der Waals surface area contributed by atoms with Crippen LogP contribution in [-0.2, 0) is 11.2 Å². The van der Waals surface area contributed by atoms with Gasteiger partial charge in [-0.15, -0.1) is 11.3 Å². The summed E-state index contributed by atoms with van der Waals surface area (Å²) in [5, 5.41) is 1.57. The largest absolute Gasteiger partial charge is 0.336 e. The number of fused-ring (bicyclic) bond motifs is 1. The highest BCUT2D eigenvalue weighted by Crippen LogP contribution is 2.29. The Morgan fingerprint density at radius 2 is 1.91 bits per heavy atom. The molecule has 23 heavy (non-hydrogen) atoms. The van der Waals surface area contributed by atoms with Crippen LogP contribution in [0.5, 0.6) is 0 Å². The zero-order valence-corrected chi connectivity index (χ0v) is 14.6. The molecule has 0 radical (unpaired) electrons. The SMILES string of the molecule is C[C@@H](c1nc2ccccc2s1)N(C)C(=O)Cc1ccccc1Cl. The number of carbonyl (C=O) groups is 1. The lowest BCUT2D eigenvalue weighted by atomic mass is 10.1. The molecule has 0 aliphatic rings. The maximum atomic E-state index is 12.5. The average molecular weight is 345 g/mol. The molecular formula is C18H17ClN2OS. The minimum Gasteiger partial charge on any atom is -0.336 e. The van der Waals surface area contributed by atoms with Crippen molar-refractivity contribution in [1.82, 2.24) is 9.88 Å². The van der Waals surface area contributed by atoms with E-state index < -0.39 is 0 Å². The molecule has 0 bridgehead atoms. The Morgan fingerprint density at radius 3 is 2.65 bits per heavy atom. The van der Waals surface area contributed by atoms with Crippen LogP contribution in [0.2, 0.25) is 5.02 Å². The third kappa shape index (κ3) is 3.38. The lowest BCUT2D eigenvalue weighted by Gasteiger charge is -2.23. The Balaban J connectivity index is 1.77. The van der Waals surface area contributed by atoms with Crippen LogP contribution in [0.25, 0.3) is 10.2 Å². The molecule has 1 amide bonds. The second-order valence-corrected chi connectivity index (χ2v) is 6.94. The van der Waals surface area contributed by atoms with Crippen LogP contribution in [0.1, 0.15) is 23.5 Å². The van der Waals surface area contributed by atoms with Crippen molar-refractivity contribution in [1.29, 1.82) is 0 Å². The van der Waals surface area contributed by atoms with E-state index in [-0.39, 0.29) is 11.9 Å². The summed E-state index contributed by atoms with van der Waals surface area (Å²) in [7, 11) is 1.82. The van der Waals surface area contributed by atoms with Gasteiger partial charge in [-0.1, -0.05) is 41.9 Å². The average Bonchev–Trinajstić information content (AvgIpc) is 2.99. The number of hydrogen-bond donors (Lipinski definition) is 0. The van der Waals surface area contributed by atoms with E-state index in [1.54, 1.807) is 22.3 Å². The standard InChI is InChI=1S/C18H17ClN2OS/c1-12(18-20-15-9-5-6-10-16(15)23-18)21(2)17(22)11-13-7-3-4-8-14(13)19/h3-10,12H,11H2,1-2H3/t12-/m0/s1. The second kappa shape index (κ2) is 6.69. The quantitative estimate of drug-likeness (QED) is 0.686. The number of halogens is 1. The summed E-state index contributed by atoms with van der Waals surface area (Å²) in [5.74, 6) is 0.0323. The van der Waals surface area contributed by atoms with Gasteiger partial charge in [0.15, 0.2) is 0 Å². The molecule has 1 aromatic heterocycles. The lowest BCUT2D eigenvalue weighted by Crippen LogP contribution is -2.31. The molecule has 0 aliphatic heterocycles. The maximum Gasteiger partial charge on any atom is 0.227 e. The third-order valence-electron chi connectivity index (χ3n) is 3.94. The summed E-state index contributed by atoms with van der Waals surface area (Å²) in [4.78, 5) is 18.9. The molecule has 0 saturated heterocycles. The van der Waals surface area contributed by atoms with E-state index in [0.717, 1.165) is 20.8 Å². The van der Waals surface area contributed by atoms with Crippen molar-refractivity contribution in [2.24, 2.45) is 0 Å². The first-order chi connectivity index (χ1) is 11.1. The number of aromatic nitrogens is 1. The zero-order valence-electron chi connectivity index (χ0n) is 13.0. The van der Waals surface area contributed by atoms with E-state index in [4.69, 9.17) is 11.6 Å². The second-order valence-electron chi connectivity index (χ2n) is 5.47. The summed E-state index contributed by atoms with van der Waals surface area (Å²) in [6, 6.07) is 15.4. The van der Waals surface area contributed by atoms with Gasteiger partial charge in [0.1, 0.15) is 5.01 Å². The fraction of sp³-hybridized carbons (Fsp3) is 0.222. The zero-order chi connectivity index (χ0) is 16.4. The molecule has 1 atom stereocenters. The van der Waals surface area contributed by atoms with Crippen molar-refractivity contribution in [3.05, 3.63) is 64.1 Å². The van der Waals surface area contributed by atoms with Crippen LogP contribution >= 0.6 is 22.9 Å². The van der Waals surface area contributed by atoms with E-state index in [9.17, 15) is 4.79 Å². The topological polar surface area (TPSA) is 33.2 Å². The molecule has 0 N–H and O–H groups in total. The Labute approximate surface area is 144 Å². The van der Waals surface area contributed by atoms with Gasteiger partial charge in [-0.25, -0.2) is 4.98 Å². The molecule has 0 saturated carbocycles. The summed E-state index contributed by atoms with van der Waals surface area (Å²) in [6.07, 6.45) is 0.297. The normalized spacial score (nSPS) is 12.3. The van der Waals surface area contributed by atoms with Crippen molar-refractivity contribution in [2.75, 3.05) is 7.05 Å². The van der Waals surface area contributed by atoms with Gasteiger partial charge in [-0.05, 0) is 30.7 Å². The van der Waals surface area contributed by atoms with Crippen LogP contribution in [0, 0.1) is 0 Å². The molecule has 2 aromatic carbocycles. The predicted octanol–water partition coefficient (Wildman–Crippen LogP) is 4.71. The smallest absolute Gasteiger partial charge is 0.227 e. The first-order valence-electron chi connectivity index (χ1n) is 7.41. The number of benzene rings is 2. The molecule has 1 heterocycles. The molecular weight excluding hydrogens is 328 g/mol. The van der Waals surface area contributed by atoms with Crippen molar-refractivity contribution < 1.29 is 4.79 Å². The van der Waals surface area contributed by atoms with Crippen LogP contribution in [0.4, 0.5) is 0 Å². The molecule has 3 nitrogen and oxygen atoms in total. The number of nitrogens with zero attached hydrogens (tertiary/aromatic N) is 2. The van der Waals surface area contributed by atoms with Gasteiger partial charge >= 0.3 is 0 Å². The summed E-state index contributed by atoms with van der Waals surface area (Å²) >= 11 is 7.77. The third-order valence-corrected chi connectivity index (χ3v) is 5.52. The lowest BCUT2D eigenvalue weighted by molar-refractivity contribution is -0.131. The molecule has 0 spiro atoms. The minimum atomic E-state index is -0.0672. The van der Waals surface area contributed by atoms with Crippen molar-refractivity contribution in [2.45, 2.75) is 19.4 Å². The van der Waals surface area contributed by atoms with Gasteiger partial charge in [0.05, 0.1) is 22.7 Å². The van der Waals surface area contributed by atoms with E-state index in [0.29, 0.717) is 11.4 Å². The molecule has 0 unspecified atom stereocenters. The molecule has 118 valence electrons. The minimum absolute atomic E-state index is 0.0323. The van der Waals surface area contributed by atoms with Gasteiger partial charge in [0.25, 0.3) is 0 Å². The Bertz CT molecular complexity index is 813. The first kappa shape index (κ1) is 16.0. The molecule has 3 rings (SSSR count). The van der Waals surface area contributed by atoms with Gasteiger partial charge in [0.2, 0.25) is 5.91 Å². The highest BCUT2D eigenvalue weighted by molar-refractivity contribution is 7.18. The molecule has 5 heteroatoms. The van der Waals surface area contributed by atoms with Gasteiger partial charge < -0.3 is 4.90 Å². The number of hydrogen-bond acceptors (Lipinski definition) is 3. The van der Waals surface area contributed by atoms with E-state index in [2.05, 4.69) is 11.1 Å². The molecule has 0 fully saturated rings. The fourth-order valence-corrected chi connectivity index (χ4v) is 3.65. The van der Waals surface area contributed by atoms with Crippen LogP contribution in [-0.4, -0.2) is 22.8 Å². The fourth-order valence-electron chi connectivity index (χ4n) is 2.38. The number of amides is 1. The summed E-state index contributed by atoms with van der Waals surface area (Å²) < 4.78 is 1.14. The van der Waals surface area contributed by atoms with Crippen molar-refractivity contribution in [3.63, 3.8) is 0 Å². The number of para-hydroxylation sites is 1. The van der Waals surface area contributed by atoms with Crippen molar-refractivity contribution >= 4 is 39.1 Å². The van der Waals surface area contributed by atoms with Crippen LogP contribution in [0.15, 0.2) is 48.5 Å². The van der Waals surface area contributed by atoms with Gasteiger partial charge in [-0.3, -0.25) is 4.79 Å². The van der Waals surface area contributed by atoms with Gasteiger partial charge in [-0.2, -0.15) is 0 Å². The van der Waals surface area contributed by atoms with Gasteiger partial charge in [0, 0.05) is 12.1 Å². The summed E-state index contributed by atoms with van der Waals surface area (Å²) in [6.45, 7) is 2.00. The Kier molecular flexibility index (Phi) is 4.64. The predicted molar refractivity (Wildman–Crippen MR) is 96.0 cm³/mol. The number of thiazole rings is 1. The molecule has 0 aliphatic carbocycles. The highest BCUT2D eigenvalue weighted by atomic mass is 35.5. The monoisotopic (exact) mass is 344 g/mol. The number of rotatable bonds is 4.